The van der Waals surface area contributed by atoms with E-state index in [4.69, 9.17) is 0 Å². The fourth-order valence-electron chi connectivity index (χ4n) is 3.38. The minimum Gasteiger partial charge on any atom is -0.354 e. The fraction of sp³-hybridized carbons (Fsp3) is 0.0526. The Hall–Kier alpha value is -2.94. The molecule has 0 spiro atoms. The molecule has 1 N–H and O–H groups in total. The van der Waals surface area contributed by atoms with E-state index in [-0.39, 0.29) is 0 Å². The Morgan fingerprint density at radius 2 is 1.50 bits per heavy atom. The van der Waals surface area contributed by atoms with Crippen LogP contribution in [0.4, 0.5) is 11.4 Å². The Morgan fingerprint density at radius 1 is 0.773 bits per heavy atom. The summed E-state index contributed by atoms with van der Waals surface area (Å²) in [6.07, 6.45) is 4.60. The van der Waals surface area contributed by atoms with Crippen LogP contribution in [0.2, 0.25) is 0 Å². The predicted octanol–water partition coefficient (Wildman–Crippen LogP) is 4.43. The first-order chi connectivity index (χ1) is 10.9. The maximum Gasteiger partial charge on any atom is 0.0985 e. The molecule has 0 saturated heterocycles. The molecule has 3 nitrogen and oxygen atoms in total. The van der Waals surface area contributed by atoms with Gasteiger partial charge >= 0.3 is 0 Å². The summed E-state index contributed by atoms with van der Waals surface area (Å²) in [7, 11) is 0. The highest BCUT2D eigenvalue weighted by atomic mass is 14.9. The van der Waals surface area contributed by atoms with Crippen LogP contribution in [0, 0.1) is 0 Å². The highest BCUT2D eigenvalue weighted by Gasteiger charge is 2.21. The summed E-state index contributed by atoms with van der Waals surface area (Å²) in [5, 5.41) is 5.93. The number of fused-ring (bicyclic) bond motifs is 7. The number of aromatic nitrogens is 2. The van der Waals surface area contributed by atoms with Crippen molar-refractivity contribution in [1.29, 1.82) is 0 Å². The smallest absolute Gasteiger partial charge is 0.0985 e. The van der Waals surface area contributed by atoms with Gasteiger partial charge in [-0.05, 0) is 35.4 Å². The third-order valence-electron chi connectivity index (χ3n) is 4.38. The van der Waals surface area contributed by atoms with Crippen LogP contribution >= 0.6 is 0 Å². The molecule has 0 saturated carbocycles. The van der Waals surface area contributed by atoms with Gasteiger partial charge in [-0.3, -0.25) is 9.97 Å². The maximum atomic E-state index is 4.58. The van der Waals surface area contributed by atoms with Crippen molar-refractivity contribution < 1.29 is 0 Å². The van der Waals surface area contributed by atoms with Crippen molar-refractivity contribution >= 4 is 33.2 Å². The van der Waals surface area contributed by atoms with Gasteiger partial charge in [-0.1, -0.05) is 24.3 Å². The topological polar surface area (TPSA) is 37.8 Å². The van der Waals surface area contributed by atoms with Crippen LogP contribution in [0.3, 0.4) is 0 Å². The molecule has 5 rings (SSSR count). The van der Waals surface area contributed by atoms with Gasteiger partial charge in [0.2, 0.25) is 0 Å². The lowest BCUT2D eigenvalue weighted by atomic mass is 9.91. The molecule has 1 aliphatic rings. The lowest BCUT2D eigenvalue weighted by molar-refractivity contribution is 1.18. The first kappa shape index (κ1) is 11.7. The average Bonchev–Trinajstić information content (AvgIpc) is 2.61. The highest BCUT2D eigenvalue weighted by Crippen LogP contribution is 2.41. The number of hydrogen-bond acceptors (Lipinski definition) is 3. The SMILES string of the molecule is c1ccc2c(c1)Cc1c(c3cccnc3c3ncccc13)N2. The van der Waals surface area contributed by atoms with Gasteiger partial charge < -0.3 is 5.32 Å². The number of anilines is 2. The molecule has 0 radical (unpaired) electrons. The second kappa shape index (κ2) is 4.28. The molecule has 2 aromatic carbocycles. The molecule has 1 aliphatic heterocycles. The Kier molecular flexibility index (Phi) is 2.27. The number of hydrogen-bond donors (Lipinski definition) is 1. The molecule has 0 atom stereocenters. The molecular weight excluding hydrogens is 270 g/mol. The zero-order valence-electron chi connectivity index (χ0n) is 11.9. The molecule has 0 aliphatic carbocycles. The molecule has 22 heavy (non-hydrogen) atoms. The number of nitrogens with zero attached hydrogens (tertiary/aromatic N) is 2. The largest absolute Gasteiger partial charge is 0.354 e. The van der Waals surface area contributed by atoms with Crippen LogP contribution < -0.4 is 5.32 Å². The van der Waals surface area contributed by atoms with Crippen molar-refractivity contribution in [3.63, 3.8) is 0 Å². The van der Waals surface area contributed by atoms with E-state index in [1.807, 2.05) is 24.5 Å². The zero-order chi connectivity index (χ0) is 14.5. The van der Waals surface area contributed by atoms with Crippen molar-refractivity contribution in [2.45, 2.75) is 6.42 Å². The van der Waals surface area contributed by atoms with Gasteiger partial charge in [0, 0.05) is 35.3 Å². The molecule has 0 bridgehead atoms. The van der Waals surface area contributed by atoms with Crippen LogP contribution in [0.5, 0.6) is 0 Å². The Labute approximate surface area is 127 Å². The minimum atomic E-state index is 0.922. The summed E-state index contributed by atoms with van der Waals surface area (Å²) in [6, 6.07) is 16.7. The van der Waals surface area contributed by atoms with Crippen LogP contribution in [-0.2, 0) is 6.42 Å². The van der Waals surface area contributed by atoms with E-state index < -0.39 is 0 Å². The normalized spacial score (nSPS) is 12.7. The van der Waals surface area contributed by atoms with Crippen LogP contribution in [0.25, 0.3) is 21.8 Å². The first-order valence-electron chi connectivity index (χ1n) is 7.41. The highest BCUT2D eigenvalue weighted by molar-refractivity contribution is 6.12. The summed E-state index contributed by atoms with van der Waals surface area (Å²) in [5.74, 6) is 0. The number of pyridine rings is 2. The van der Waals surface area contributed by atoms with Gasteiger partial charge in [0.05, 0.1) is 16.7 Å². The van der Waals surface area contributed by atoms with Gasteiger partial charge in [-0.15, -0.1) is 0 Å². The molecule has 0 fully saturated rings. The second-order valence-corrected chi connectivity index (χ2v) is 5.61. The summed E-state index contributed by atoms with van der Waals surface area (Å²) in [5.41, 5.74) is 6.93. The molecular formula is C19H13N3. The minimum absolute atomic E-state index is 0.922. The fourth-order valence-corrected chi connectivity index (χ4v) is 3.38. The standard InChI is InChI=1S/C19H13N3/c1-2-8-16-12(5-1)11-15-13-6-3-9-20-18(13)19-14(17(15)22-16)7-4-10-21-19/h1-10,22H,11H2. The van der Waals surface area contributed by atoms with E-state index >= 15 is 0 Å². The molecule has 104 valence electrons. The van der Waals surface area contributed by atoms with Crippen LogP contribution in [0.15, 0.2) is 60.9 Å². The van der Waals surface area contributed by atoms with Crippen LogP contribution in [0.1, 0.15) is 11.1 Å². The number of rotatable bonds is 0. The third-order valence-corrected chi connectivity index (χ3v) is 4.38. The maximum absolute atomic E-state index is 4.58. The number of nitrogens with one attached hydrogen (secondary N) is 1. The van der Waals surface area contributed by atoms with E-state index in [0.717, 1.165) is 22.8 Å². The van der Waals surface area contributed by atoms with E-state index in [1.165, 1.54) is 27.9 Å². The van der Waals surface area contributed by atoms with Crippen molar-refractivity contribution in [2.24, 2.45) is 0 Å². The monoisotopic (exact) mass is 283 g/mol. The van der Waals surface area contributed by atoms with Crippen molar-refractivity contribution in [3.05, 3.63) is 72.1 Å². The van der Waals surface area contributed by atoms with E-state index in [9.17, 15) is 0 Å². The van der Waals surface area contributed by atoms with Gasteiger partial charge in [0.15, 0.2) is 0 Å². The first-order valence-corrected chi connectivity index (χ1v) is 7.41. The summed E-state index contributed by atoms with van der Waals surface area (Å²) in [4.78, 5) is 9.15. The Morgan fingerprint density at radius 3 is 2.36 bits per heavy atom. The molecule has 0 amide bonds. The van der Waals surface area contributed by atoms with Crippen LogP contribution in [-0.4, -0.2) is 9.97 Å². The van der Waals surface area contributed by atoms with Crippen molar-refractivity contribution in [2.75, 3.05) is 5.32 Å². The molecule has 0 unspecified atom stereocenters. The summed E-state index contributed by atoms with van der Waals surface area (Å²) >= 11 is 0. The average molecular weight is 283 g/mol. The lowest BCUT2D eigenvalue weighted by Crippen LogP contribution is -2.08. The summed E-state index contributed by atoms with van der Waals surface area (Å²) in [6.45, 7) is 0. The van der Waals surface area contributed by atoms with Gasteiger partial charge in [-0.2, -0.15) is 0 Å². The predicted molar refractivity (Wildman–Crippen MR) is 89.6 cm³/mol. The van der Waals surface area contributed by atoms with Gasteiger partial charge in [0.1, 0.15) is 0 Å². The third kappa shape index (κ3) is 1.51. The van der Waals surface area contributed by atoms with E-state index in [0.29, 0.717) is 0 Å². The van der Waals surface area contributed by atoms with E-state index in [1.54, 1.807) is 0 Å². The second-order valence-electron chi connectivity index (χ2n) is 5.61. The van der Waals surface area contributed by atoms with Gasteiger partial charge in [0.25, 0.3) is 0 Å². The molecule has 2 aromatic heterocycles. The molecule has 3 heterocycles. The number of benzene rings is 2. The number of para-hydroxylation sites is 1. The Balaban J connectivity index is 1.94. The van der Waals surface area contributed by atoms with Gasteiger partial charge in [-0.25, -0.2) is 0 Å². The van der Waals surface area contributed by atoms with E-state index in [2.05, 4.69) is 51.7 Å². The zero-order valence-corrected chi connectivity index (χ0v) is 11.9. The lowest BCUT2D eigenvalue weighted by Gasteiger charge is -2.24. The van der Waals surface area contributed by atoms with Crippen molar-refractivity contribution in [1.82, 2.24) is 9.97 Å². The molecule has 3 heteroatoms. The Bertz CT molecular complexity index is 953. The quantitative estimate of drug-likeness (QED) is 0.427. The van der Waals surface area contributed by atoms with Crippen molar-refractivity contribution in [3.8, 4) is 0 Å². The summed E-state index contributed by atoms with van der Waals surface area (Å²) < 4.78 is 0. The molecule has 4 aromatic rings.